The largest absolute Gasteiger partial charge is 0.497 e. The third-order valence-corrected chi connectivity index (χ3v) is 5.55. The number of ether oxygens (including phenoxy) is 2. The third-order valence-electron chi connectivity index (χ3n) is 5.55. The number of amides is 2. The number of carbonyl (C=O) groups is 2. The summed E-state index contributed by atoms with van der Waals surface area (Å²) >= 11 is 0. The molecule has 0 bridgehead atoms. The minimum Gasteiger partial charge on any atom is -0.497 e. The Balaban J connectivity index is 1.65. The van der Waals surface area contributed by atoms with E-state index in [1.807, 2.05) is 67.5 Å². The summed E-state index contributed by atoms with van der Waals surface area (Å²) in [5, 5.41) is 5.80. The minimum absolute atomic E-state index is 0.0287. The van der Waals surface area contributed by atoms with Gasteiger partial charge >= 0.3 is 0 Å². The van der Waals surface area contributed by atoms with Gasteiger partial charge in [0.05, 0.1) is 31.5 Å². The summed E-state index contributed by atoms with van der Waals surface area (Å²) in [5.74, 6) is 0.932. The molecule has 0 spiro atoms. The predicted molar refractivity (Wildman–Crippen MR) is 139 cm³/mol. The summed E-state index contributed by atoms with van der Waals surface area (Å²) in [6, 6.07) is 22.0. The zero-order valence-electron chi connectivity index (χ0n) is 20.4. The first kappa shape index (κ1) is 25.5. The van der Waals surface area contributed by atoms with Gasteiger partial charge in [-0.25, -0.2) is 0 Å². The maximum Gasteiger partial charge on any atom is 0.253 e. The van der Waals surface area contributed by atoms with E-state index >= 15 is 0 Å². The van der Waals surface area contributed by atoms with Gasteiger partial charge in [-0.15, -0.1) is 0 Å². The third kappa shape index (κ3) is 7.19. The van der Waals surface area contributed by atoms with Gasteiger partial charge in [-0.05, 0) is 67.7 Å². The van der Waals surface area contributed by atoms with Gasteiger partial charge in [-0.2, -0.15) is 0 Å². The number of methoxy groups -OCH3 is 2. The van der Waals surface area contributed by atoms with Crippen LogP contribution in [0.5, 0.6) is 11.5 Å². The lowest BCUT2D eigenvalue weighted by atomic mass is 10.1. The number of nitrogens with one attached hydrogen (secondary N) is 2. The fourth-order valence-electron chi connectivity index (χ4n) is 3.56. The standard InChI is InChI=1S/C28H31N3O4/c1-31(2)26(21-12-16-23(35-4)17-13-21)19-29-28(33)24-7-5-6-8-25(24)30-27(32)18-11-20-9-14-22(34-3)15-10-20/h5-18,26H,19H2,1-4H3,(H,29,33)(H,30,32)/b18-11+. The van der Waals surface area contributed by atoms with Crippen LogP contribution < -0.4 is 20.1 Å². The molecule has 3 rings (SSSR count). The SMILES string of the molecule is COc1ccc(/C=C/C(=O)Nc2ccccc2C(=O)NCC(c2ccc(OC)cc2)N(C)C)cc1. The second-order valence-electron chi connectivity index (χ2n) is 8.10. The molecule has 3 aromatic carbocycles. The number of likely N-dealkylation sites (N-methyl/N-ethyl adjacent to an activating group) is 1. The maximum atomic E-state index is 13.0. The summed E-state index contributed by atoms with van der Waals surface area (Å²) in [6.07, 6.45) is 3.14. The number of para-hydroxylation sites is 1. The van der Waals surface area contributed by atoms with Crippen LogP contribution in [0, 0.1) is 0 Å². The Morgan fingerprint density at radius 2 is 1.49 bits per heavy atom. The fourth-order valence-corrected chi connectivity index (χ4v) is 3.56. The second kappa shape index (κ2) is 12.4. The molecule has 3 aromatic rings. The van der Waals surface area contributed by atoms with E-state index in [2.05, 4.69) is 10.6 Å². The number of anilines is 1. The lowest BCUT2D eigenvalue weighted by molar-refractivity contribution is -0.111. The molecular formula is C28H31N3O4. The zero-order valence-corrected chi connectivity index (χ0v) is 20.4. The smallest absolute Gasteiger partial charge is 0.253 e. The van der Waals surface area contributed by atoms with E-state index in [-0.39, 0.29) is 17.9 Å². The molecule has 0 radical (unpaired) electrons. The van der Waals surface area contributed by atoms with E-state index in [0.717, 1.165) is 22.6 Å². The first-order valence-electron chi connectivity index (χ1n) is 11.2. The van der Waals surface area contributed by atoms with Crippen molar-refractivity contribution in [1.29, 1.82) is 0 Å². The van der Waals surface area contributed by atoms with Crippen molar-refractivity contribution in [1.82, 2.24) is 10.2 Å². The van der Waals surface area contributed by atoms with E-state index in [4.69, 9.17) is 9.47 Å². The first-order chi connectivity index (χ1) is 16.9. The van der Waals surface area contributed by atoms with Crippen LogP contribution >= 0.6 is 0 Å². The number of hydrogen-bond acceptors (Lipinski definition) is 5. The van der Waals surface area contributed by atoms with Crippen molar-refractivity contribution < 1.29 is 19.1 Å². The Labute approximate surface area is 206 Å². The summed E-state index contributed by atoms with van der Waals surface area (Å²) < 4.78 is 10.4. The van der Waals surface area contributed by atoms with E-state index in [1.165, 1.54) is 6.08 Å². The number of hydrogen-bond donors (Lipinski definition) is 2. The van der Waals surface area contributed by atoms with Crippen molar-refractivity contribution in [3.63, 3.8) is 0 Å². The molecule has 2 N–H and O–H groups in total. The normalized spacial score (nSPS) is 11.8. The number of nitrogens with zero attached hydrogens (tertiary/aromatic N) is 1. The molecular weight excluding hydrogens is 442 g/mol. The van der Waals surface area contributed by atoms with Gasteiger partial charge < -0.3 is 25.0 Å². The Morgan fingerprint density at radius 1 is 0.886 bits per heavy atom. The molecule has 1 unspecified atom stereocenters. The molecule has 7 heteroatoms. The average molecular weight is 474 g/mol. The van der Waals surface area contributed by atoms with Crippen LogP contribution in [0.15, 0.2) is 78.9 Å². The topological polar surface area (TPSA) is 79.9 Å². The molecule has 0 fully saturated rings. The zero-order chi connectivity index (χ0) is 25.2. The van der Waals surface area contributed by atoms with Crippen LogP contribution in [0.25, 0.3) is 6.08 Å². The van der Waals surface area contributed by atoms with Crippen molar-refractivity contribution >= 4 is 23.6 Å². The van der Waals surface area contributed by atoms with E-state index in [1.54, 1.807) is 44.6 Å². The monoisotopic (exact) mass is 473 g/mol. The molecule has 0 saturated heterocycles. The number of rotatable bonds is 10. The van der Waals surface area contributed by atoms with Crippen molar-refractivity contribution in [3.8, 4) is 11.5 Å². The Morgan fingerprint density at radius 3 is 2.09 bits per heavy atom. The minimum atomic E-state index is -0.328. The highest BCUT2D eigenvalue weighted by Gasteiger charge is 2.18. The number of carbonyl (C=O) groups excluding carboxylic acids is 2. The Kier molecular flexibility index (Phi) is 9.03. The van der Waals surface area contributed by atoms with E-state index < -0.39 is 0 Å². The number of benzene rings is 3. The van der Waals surface area contributed by atoms with Gasteiger partial charge in [0.2, 0.25) is 5.91 Å². The van der Waals surface area contributed by atoms with Gasteiger partial charge in [0, 0.05) is 12.6 Å². The summed E-state index contributed by atoms with van der Waals surface area (Å²) in [6.45, 7) is 0.401. The average Bonchev–Trinajstić information content (AvgIpc) is 2.88. The van der Waals surface area contributed by atoms with Crippen LogP contribution in [0.4, 0.5) is 5.69 Å². The van der Waals surface area contributed by atoms with Crippen molar-refractivity contribution in [3.05, 3.63) is 95.6 Å². The molecule has 0 aliphatic heterocycles. The predicted octanol–water partition coefficient (Wildman–Crippen LogP) is 4.39. The first-order valence-corrected chi connectivity index (χ1v) is 11.2. The summed E-state index contributed by atoms with van der Waals surface area (Å²) in [5.41, 5.74) is 2.76. The Hall–Kier alpha value is -4.10. The highest BCUT2D eigenvalue weighted by atomic mass is 16.5. The Bertz CT molecular complexity index is 1160. The summed E-state index contributed by atoms with van der Waals surface area (Å²) in [4.78, 5) is 27.6. The second-order valence-corrected chi connectivity index (χ2v) is 8.10. The van der Waals surface area contributed by atoms with Crippen molar-refractivity contribution in [2.75, 3.05) is 40.2 Å². The lowest BCUT2D eigenvalue weighted by Crippen LogP contribution is -2.35. The molecule has 0 aliphatic rings. The molecule has 0 heterocycles. The van der Waals surface area contributed by atoms with E-state index in [9.17, 15) is 9.59 Å². The molecule has 182 valence electrons. The van der Waals surface area contributed by atoms with Crippen molar-refractivity contribution in [2.45, 2.75) is 6.04 Å². The van der Waals surface area contributed by atoms with Gasteiger partial charge in [0.15, 0.2) is 0 Å². The molecule has 2 amide bonds. The molecule has 0 aliphatic carbocycles. The molecule has 7 nitrogen and oxygen atoms in total. The quantitative estimate of drug-likeness (QED) is 0.427. The fraction of sp³-hybridized carbons (Fsp3) is 0.214. The molecule has 1 atom stereocenters. The maximum absolute atomic E-state index is 13.0. The van der Waals surface area contributed by atoms with Gasteiger partial charge in [0.1, 0.15) is 11.5 Å². The van der Waals surface area contributed by atoms with Crippen molar-refractivity contribution in [2.24, 2.45) is 0 Å². The van der Waals surface area contributed by atoms with Crippen LogP contribution in [0.3, 0.4) is 0 Å². The van der Waals surface area contributed by atoms with Gasteiger partial charge in [-0.1, -0.05) is 36.4 Å². The van der Waals surface area contributed by atoms with Crippen LogP contribution in [-0.2, 0) is 4.79 Å². The van der Waals surface area contributed by atoms with Gasteiger partial charge in [0.25, 0.3) is 5.91 Å². The highest BCUT2D eigenvalue weighted by Crippen LogP contribution is 2.22. The lowest BCUT2D eigenvalue weighted by Gasteiger charge is -2.25. The summed E-state index contributed by atoms with van der Waals surface area (Å²) in [7, 11) is 7.16. The van der Waals surface area contributed by atoms with E-state index in [0.29, 0.717) is 17.8 Å². The molecule has 0 saturated carbocycles. The van der Waals surface area contributed by atoms with Crippen LogP contribution in [0.2, 0.25) is 0 Å². The molecule has 0 aromatic heterocycles. The highest BCUT2D eigenvalue weighted by molar-refractivity contribution is 6.07. The van der Waals surface area contributed by atoms with Gasteiger partial charge in [-0.3, -0.25) is 9.59 Å². The molecule has 35 heavy (non-hydrogen) atoms. The van der Waals surface area contributed by atoms with Crippen LogP contribution in [0.1, 0.15) is 27.5 Å². The van der Waals surface area contributed by atoms with Crippen LogP contribution in [-0.4, -0.2) is 51.6 Å².